The first-order chi connectivity index (χ1) is 40.5. The standard InChI is InChI=1S/C16H17NO3S.C14H20O4.C14H22O3.2C8H12O2.C3H4O.C3H6/c1-18-11-6-4-10(5-7-11)16-17-14-12(19-2)8-9-13(20-3)15(14)21-16;1-16-13-6-8-14(9-7-13)18-11-5-3-2-4-10-17-12-15;1-15-11-5-3-4-6-12-17-14-9-7-13(16-2)8-10-14;2*9-5-7-1-2-8(6-10)4-3-7;1-2-3-4;1-3-2/h4-9,16-17H,1-3H3;6-9,12H,2-5,10-11H2,1H3;7-10H,3-6,11-12H2,1-2H3;2*5-8H,1-4H2;2-3H,1H2;3H,1H2,2H3. The summed E-state index contributed by atoms with van der Waals surface area (Å²) >= 11 is 1.73. The molecule has 4 aromatic rings. The van der Waals surface area contributed by atoms with Crippen molar-refractivity contribution in [2.75, 3.05) is 74.4 Å². The van der Waals surface area contributed by atoms with Crippen molar-refractivity contribution in [2.45, 2.75) is 120 Å². The SMILES string of the molecule is C=CC.C=CC=O.COCCCCCCOc1ccc(OC)cc1.COc1ccc(C2Nc3c(OC)ccc(OC)c3S2)cc1.COc1ccc(OCCCCCCOC=O)cc1.O=CC1CCC(C=O)CC1.O=CC1CCC(C=O)CC1. The quantitative estimate of drug-likeness (QED) is 0.0244. The van der Waals surface area contributed by atoms with E-state index in [2.05, 4.69) is 35.3 Å². The van der Waals surface area contributed by atoms with Crippen molar-refractivity contribution < 1.29 is 71.4 Å². The minimum absolute atomic E-state index is 0.135. The van der Waals surface area contributed by atoms with Gasteiger partial charge in [0.1, 0.15) is 77.1 Å². The molecule has 1 unspecified atom stereocenters. The maximum atomic E-state index is 10.3. The van der Waals surface area contributed by atoms with Crippen LogP contribution in [0.1, 0.15) is 121 Å². The first kappa shape index (κ1) is 73.9. The van der Waals surface area contributed by atoms with Crippen LogP contribution in [0.15, 0.2) is 115 Å². The number of carbonyl (C=O) groups is 6. The second kappa shape index (κ2) is 49.5. The molecule has 4 aromatic carbocycles. The Bertz CT molecular complexity index is 2210. The summed E-state index contributed by atoms with van der Waals surface area (Å²) in [6.45, 7) is 11.7. The van der Waals surface area contributed by atoms with Gasteiger partial charge in [-0.3, -0.25) is 9.59 Å². The van der Waals surface area contributed by atoms with Crippen molar-refractivity contribution in [3.63, 3.8) is 0 Å². The van der Waals surface area contributed by atoms with Gasteiger partial charge in [-0.05, 0) is 188 Å². The number of allylic oxidation sites excluding steroid dienone is 2. The zero-order chi connectivity index (χ0) is 61.1. The zero-order valence-corrected chi connectivity index (χ0v) is 51.0. The van der Waals surface area contributed by atoms with Crippen LogP contribution >= 0.6 is 11.8 Å². The number of benzene rings is 4. The summed E-state index contributed by atoms with van der Waals surface area (Å²) in [5.74, 6) is 6.93. The second-order valence-electron chi connectivity index (χ2n) is 19.1. The topological polar surface area (TPSA) is 198 Å². The van der Waals surface area contributed by atoms with Crippen LogP contribution in [-0.4, -0.2) is 107 Å². The molecule has 3 aliphatic rings. The van der Waals surface area contributed by atoms with Crippen LogP contribution in [0.25, 0.3) is 0 Å². The molecule has 1 aliphatic heterocycles. The molecule has 0 bridgehead atoms. The highest BCUT2D eigenvalue weighted by Gasteiger charge is 2.29. The van der Waals surface area contributed by atoms with Crippen molar-refractivity contribution in [3.05, 3.63) is 116 Å². The van der Waals surface area contributed by atoms with Crippen molar-refractivity contribution >= 4 is 55.4 Å². The van der Waals surface area contributed by atoms with E-state index in [1.54, 1.807) is 60.5 Å². The fourth-order valence-corrected chi connectivity index (χ4v) is 9.54. The molecule has 0 aromatic heterocycles. The second-order valence-corrected chi connectivity index (χ2v) is 20.2. The smallest absolute Gasteiger partial charge is 0.293 e. The number of fused-ring (bicyclic) bond motifs is 1. The van der Waals surface area contributed by atoms with Gasteiger partial charge in [-0.15, -0.1) is 6.58 Å². The third-order valence-corrected chi connectivity index (χ3v) is 14.3. The predicted molar refractivity (Wildman–Crippen MR) is 330 cm³/mol. The Balaban J connectivity index is 0.000000516. The van der Waals surface area contributed by atoms with Crippen LogP contribution in [0.4, 0.5) is 5.69 Å². The Morgan fingerprint density at radius 2 is 0.795 bits per heavy atom. The van der Waals surface area contributed by atoms with E-state index in [9.17, 15) is 24.0 Å². The van der Waals surface area contributed by atoms with Gasteiger partial charge in [0.25, 0.3) is 6.47 Å². The Morgan fingerprint density at radius 3 is 1.12 bits per heavy atom. The number of thioether (sulfide) groups is 1. The fourth-order valence-electron chi connectivity index (χ4n) is 8.29. The number of carbonyl (C=O) groups excluding carboxylic acids is 6. The average molecular weight is 1170 g/mol. The summed E-state index contributed by atoms with van der Waals surface area (Å²) in [5, 5.41) is 3.63. The highest BCUT2D eigenvalue weighted by atomic mass is 32.2. The molecule has 458 valence electrons. The van der Waals surface area contributed by atoms with Crippen LogP contribution < -0.4 is 38.5 Å². The largest absolute Gasteiger partial charge is 0.497 e. The predicted octanol–water partition coefficient (Wildman–Crippen LogP) is 14.0. The Morgan fingerprint density at radius 1 is 0.458 bits per heavy atom. The molecule has 17 heteroatoms. The van der Waals surface area contributed by atoms with E-state index < -0.39 is 0 Å². The molecule has 83 heavy (non-hydrogen) atoms. The van der Waals surface area contributed by atoms with E-state index in [0.29, 0.717) is 26.0 Å². The van der Waals surface area contributed by atoms with Crippen LogP contribution in [0, 0.1) is 23.7 Å². The third-order valence-electron chi connectivity index (χ3n) is 13.1. The van der Waals surface area contributed by atoms with Gasteiger partial charge in [0, 0.05) is 37.4 Å². The van der Waals surface area contributed by atoms with Gasteiger partial charge in [-0.1, -0.05) is 43.0 Å². The van der Waals surface area contributed by atoms with Crippen LogP contribution in [0.2, 0.25) is 0 Å². The normalized spacial score (nSPS) is 16.7. The zero-order valence-electron chi connectivity index (χ0n) is 50.2. The maximum absolute atomic E-state index is 10.3. The molecule has 16 nitrogen and oxygen atoms in total. The van der Waals surface area contributed by atoms with Gasteiger partial charge >= 0.3 is 0 Å². The summed E-state index contributed by atoms with van der Waals surface area (Å²) in [7, 11) is 10.1. The van der Waals surface area contributed by atoms with Crippen molar-refractivity contribution in [3.8, 4) is 40.2 Å². The summed E-state index contributed by atoms with van der Waals surface area (Å²) in [5.41, 5.74) is 2.17. The number of hydrogen-bond acceptors (Lipinski definition) is 17. The lowest BCUT2D eigenvalue weighted by atomic mass is 9.84. The third kappa shape index (κ3) is 32.9. The Labute approximate surface area is 498 Å². The molecule has 0 saturated heterocycles. The molecule has 0 amide bonds. The molecule has 7 rings (SSSR count). The fraction of sp³-hybridized carbons (Fsp3) is 0.485. The maximum Gasteiger partial charge on any atom is 0.293 e. The van der Waals surface area contributed by atoms with E-state index in [4.69, 9.17) is 42.7 Å². The molecule has 1 atom stereocenters. The molecule has 0 spiro atoms. The minimum atomic E-state index is 0.135. The lowest BCUT2D eigenvalue weighted by Gasteiger charge is -2.20. The van der Waals surface area contributed by atoms with Gasteiger partial charge in [0.15, 0.2) is 0 Å². The van der Waals surface area contributed by atoms with Crippen LogP contribution in [0.3, 0.4) is 0 Å². The summed E-state index contributed by atoms with van der Waals surface area (Å²) in [6, 6.07) is 27.2. The first-order valence-corrected chi connectivity index (χ1v) is 29.3. The molecular weight excluding hydrogens is 1080 g/mol. The lowest BCUT2D eigenvalue weighted by Crippen LogP contribution is -2.15. The van der Waals surface area contributed by atoms with Gasteiger partial charge in [0.2, 0.25) is 0 Å². The number of hydrogen-bond donors (Lipinski definition) is 1. The Hall–Kier alpha value is -7.11. The van der Waals surface area contributed by atoms with Crippen molar-refractivity contribution in [1.82, 2.24) is 0 Å². The van der Waals surface area contributed by atoms with Gasteiger partial charge in [0.05, 0.1) is 66.0 Å². The number of unbranched alkanes of at least 4 members (excludes halogenated alkanes) is 6. The number of rotatable bonds is 28. The number of aldehydes is 5. The van der Waals surface area contributed by atoms with Gasteiger partial charge < -0.3 is 67.1 Å². The number of anilines is 1. The summed E-state index contributed by atoms with van der Waals surface area (Å²) in [6.07, 6.45) is 23.6. The number of ether oxygens (including phenoxy) is 9. The van der Waals surface area contributed by atoms with E-state index >= 15 is 0 Å². The molecule has 1 N–H and O–H groups in total. The van der Waals surface area contributed by atoms with Gasteiger partial charge in [-0.2, -0.15) is 0 Å². The Kier molecular flexibility index (Phi) is 44.1. The van der Waals surface area contributed by atoms with E-state index in [-0.39, 0.29) is 29.0 Å². The lowest BCUT2D eigenvalue weighted by molar-refractivity contribution is -0.128. The summed E-state index contributed by atoms with van der Waals surface area (Å²) < 4.78 is 47.0. The molecule has 2 saturated carbocycles. The molecular formula is C66H93NO15S. The summed E-state index contributed by atoms with van der Waals surface area (Å²) in [4.78, 5) is 61.1. The minimum Gasteiger partial charge on any atom is -0.497 e. The van der Waals surface area contributed by atoms with E-state index in [0.717, 1.165) is 179 Å². The molecule has 2 aliphatic carbocycles. The average Bonchev–Trinajstić information content (AvgIpc) is 4.18. The van der Waals surface area contributed by atoms with E-state index in [1.807, 2.05) is 79.7 Å². The molecule has 1 heterocycles. The van der Waals surface area contributed by atoms with Crippen LogP contribution in [-0.2, 0) is 38.2 Å². The molecule has 0 radical (unpaired) electrons. The number of nitrogens with one attached hydrogen (secondary N) is 1. The number of methoxy groups -OCH3 is 6. The van der Waals surface area contributed by atoms with E-state index in [1.165, 1.54) is 24.5 Å². The van der Waals surface area contributed by atoms with Crippen LogP contribution in [0.5, 0.6) is 40.2 Å². The van der Waals surface area contributed by atoms with Crippen molar-refractivity contribution in [1.29, 1.82) is 0 Å². The highest BCUT2D eigenvalue weighted by molar-refractivity contribution is 8.00. The highest BCUT2D eigenvalue weighted by Crippen LogP contribution is 2.54. The first-order valence-electron chi connectivity index (χ1n) is 28.4. The molecule has 2 fully saturated rings. The monoisotopic (exact) mass is 1170 g/mol. The van der Waals surface area contributed by atoms with Crippen molar-refractivity contribution in [2.24, 2.45) is 23.7 Å². The van der Waals surface area contributed by atoms with Gasteiger partial charge in [-0.25, -0.2) is 0 Å².